The number of hydrogen-bond acceptors (Lipinski definition) is 9. The third-order valence-corrected chi connectivity index (χ3v) is 12.7. The molecule has 2 aliphatic heterocycles. The summed E-state index contributed by atoms with van der Waals surface area (Å²) < 4.78 is 46.0. The maximum Gasteiger partial charge on any atom is 0.418 e. The van der Waals surface area contributed by atoms with Gasteiger partial charge in [0, 0.05) is 28.2 Å². The molecule has 3 aromatic carbocycles. The molecule has 256 valence electrons. The molecule has 2 saturated carbocycles. The zero-order valence-electron chi connectivity index (χ0n) is 25.6. The van der Waals surface area contributed by atoms with Crippen molar-refractivity contribution in [3.63, 3.8) is 0 Å². The Morgan fingerprint density at radius 3 is 2.44 bits per heavy atom. The number of H-pyrrole nitrogens is 1. The summed E-state index contributed by atoms with van der Waals surface area (Å²) >= 11 is 2.60. The molecule has 2 bridgehead atoms. The number of ether oxygens (including phenoxy) is 1. The van der Waals surface area contributed by atoms with E-state index in [0.29, 0.717) is 17.2 Å². The number of anilines is 2. The van der Waals surface area contributed by atoms with E-state index in [1.165, 1.54) is 48.2 Å². The van der Waals surface area contributed by atoms with Gasteiger partial charge < -0.3 is 15.0 Å². The summed E-state index contributed by atoms with van der Waals surface area (Å²) in [6.45, 7) is -0.561. The molecule has 0 radical (unpaired) electrons. The summed E-state index contributed by atoms with van der Waals surface area (Å²) in [5.74, 6) is -3.12. The summed E-state index contributed by atoms with van der Waals surface area (Å²) in [6.07, 6.45) is -4.01. The minimum absolute atomic E-state index is 0.0957. The lowest BCUT2D eigenvalue weighted by atomic mass is 9.68. The Kier molecular flexibility index (Phi) is 7.63. The van der Waals surface area contributed by atoms with E-state index in [-0.39, 0.29) is 62.7 Å². The van der Waals surface area contributed by atoms with E-state index >= 15 is 0 Å². The zero-order chi connectivity index (χ0) is 35.1. The molecule has 1 aromatic heterocycles. The first-order valence-electron chi connectivity index (χ1n) is 15.6. The molecule has 1 saturated heterocycles. The molecule has 11 nitrogen and oxygen atoms in total. The second-order valence-electron chi connectivity index (χ2n) is 12.7. The van der Waals surface area contributed by atoms with Gasteiger partial charge in [0.1, 0.15) is 5.75 Å². The van der Waals surface area contributed by atoms with Crippen LogP contribution in [0.3, 0.4) is 0 Å². The number of carbonyl (C=O) groups excluding carboxylic acids is 3. The number of amides is 3. The van der Waals surface area contributed by atoms with Gasteiger partial charge in [0.2, 0.25) is 11.8 Å². The Morgan fingerprint density at radius 2 is 1.72 bits per heavy atom. The van der Waals surface area contributed by atoms with Gasteiger partial charge in [0.25, 0.3) is 11.6 Å². The summed E-state index contributed by atoms with van der Waals surface area (Å²) in [6, 6.07) is 16.9. The number of carbonyl (C=O) groups is 3. The Hall–Kier alpha value is -4.96. The first kappa shape index (κ1) is 32.3. The van der Waals surface area contributed by atoms with Gasteiger partial charge in [0.15, 0.2) is 6.61 Å². The molecular weight excluding hydrogens is 698 g/mol. The molecule has 50 heavy (non-hydrogen) atoms. The number of nitrogens with zero attached hydrogens (tertiary/aromatic N) is 2. The minimum atomic E-state index is -4.66. The van der Waals surface area contributed by atoms with Crippen molar-refractivity contribution in [2.75, 3.05) is 16.8 Å². The number of para-hydroxylation sites is 1. The van der Waals surface area contributed by atoms with Crippen LogP contribution in [0, 0.1) is 39.7 Å². The van der Waals surface area contributed by atoms with Gasteiger partial charge in [-0.05, 0) is 66.1 Å². The van der Waals surface area contributed by atoms with E-state index in [9.17, 15) is 42.5 Å². The summed E-state index contributed by atoms with van der Waals surface area (Å²) in [7, 11) is 0. The fourth-order valence-corrected chi connectivity index (χ4v) is 11.2. The average Bonchev–Trinajstić information content (AvgIpc) is 3.82. The third kappa shape index (κ3) is 5.19. The van der Waals surface area contributed by atoms with Crippen LogP contribution in [0.5, 0.6) is 5.75 Å². The fraction of sp³-hybridized carbons (Fsp3) is 0.294. The predicted octanol–water partition coefficient (Wildman–Crippen LogP) is 6.06. The first-order valence-corrected chi connectivity index (χ1v) is 17.3. The van der Waals surface area contributed by atoms with Crippen molar-refractivity contribution in [1.82, 2.24) is 4.98 Å². The van der Waals surface area contributed by atoms with Crippen LogP contribution in [0.1, 0.15) is 28.3 Å². The Morgan fingerprint density at radius 1 is 1.00 bits per heavy atom. The lowest BCUT2D eigenvalue weighted by Crippen LogP contribution is -2.42. The molecule has 0 unspecified atom stereocenters. The highest BCUT2D eigenvalue weighted by atomic mass is 32.2. The smallest absolute Gasteiger partial charge is 0.418 e. The van der Waals surface area contributed by atoms with Gasteiger partial charge in [-0.1, -0.05) is 35.6 Å². The van der Waals surface area contributed by atoms with Crippen LogP contribution >= 0.6 is 23.1 Å². The number of benzene rings is 3. The van der Waals surface area contributed by atoms with Crippen LogP contribution in [0.15, 0.2) is 82.6 Å². The van der Waals surface area contributed by atoms with Crippen molar-refractivity contribution >= 4 is 57.9 Å². The number of thioether (sulfide) groups is 1. The molecule has 3 fully saturated rings. The molecule has 2 aliphatic carbocycles. The van der Waals surface area contributed by atoms with Gasteiger partial charge in [-0.15, -0.1) is 11.8 Å². The first-order chi connectivity index (χ1) is 23.9. The molecular formula is C34H25F3N4O7S2. The van der Waals surface area contributed by atoms with E-state index in [2.05, 4.69) is 10.3 Å². The van der Waals surface area contributed by atoms with E-state index in [0.717, 1.165) is 38.8 Å². The quantitative estimate of drug-likeness (QED) is 0.133. The number of aromatic amines is 1. The molecule has 16 heteroatoms. The van der Waals surface area contributed by atoms with Crippen LogP contribution in [-0.2, 0) is 20.6 Å². The standard InChI is InChI=1S/C34H25F3N4O7S2/c35-34(36,37)21-6-1-2-7-22(21)38-23(42)14-48-18-5-3-4-15(12-18)24-25-19-13-20(28(25)49-30-29(24)50-33(45)39-30)27-26(19)31(43)40(32(27)44)16-8-10-17(11-9-16)41(46)47/h1-12,19-20,24-28H,13-14H2,(H,38,42)(H,39,45)/t19-,20-,24+,25-,26+,27+,28-/m1/s1. The van der Waals surface area contributed by atoms with Crippen molar-refractivity contribution in [3.8, 4) is 5.75 Å². The Balaban J connectivity index is 1.06. The minimum Gasteiger partial charge on any atom is -0.484 e. The van der Waals surface area contributed by atoms with E-state index < -0.39 is 41.0 Å². The normalized spacial score (nSPS) is 26.4. The van der Waals surface area contributed by atoms with Crippen LogP contribution in [0.25, 0.3) is 0 Å². The van der Waals surface area contributed by atoms with Crippen LogP contribution < -0.4 is 19.8 Å². The third-order valence-electron chi connectivity index (χ3n) is 10.1. The summed E-state index contributed by atoms with van der Waals surface area (Å²) in [5.41, 5.74) is -0.467. The van der Waals surface area contributed by atoms with Gasteiger partial charge >= 0.3 is 11.0 Å². The van der Waals surface area contributed by atoms with E-state index in [4.69, 9.17) is 4.74 Å². The topological polar surface area (TPSA) is 152 Å². The van der Waals surface area contributed by atoms with E-state index in [1.54, 1.807) is 18.2 Å². The van der Waals surface area contributed by atoms with Crippen molar-refractivity contribution in [1.29, 1.82) is 0 Å². The second-order valence-corrected chi connectivity index (χ2v) is 14.9. The van der Waals surface area contributed by atoms with Crippen molar-refractivity contribution in [2.45, 2.75) is 28.8 Å². The highest BCUT2D eigenvalue weighted by Gasteiger charge is 2.69. The summed E-state index contributed by atoms with van der Waals surface area (Å²) in [4.78, 5) is 68.4. The van der Waals surface area contributed by atoms with Crippen LogP contribution in [-0.4, -0.2) is 39.5 Å². The van der Waals surface area contributed by atoms with Gasteiger partial charge in [-0.25, -0.2) is 0 Å². The molecule has 3 amide bonds. The number of alkyl halides is 3. The molecule has 3 heterocycles. The van der Waals surface area contributed by atoms with Crippen LogP contribution in [0.4, 0.5) is 30.2 Å². The number of nitro benzene ring substituents is 1. The number of aromatic nitrogens is 1. The largest absolute Gasteiger partial charge is 0.484 e. The molecule has 7 atom stereocenters. The molecule has 2 N–H and O–H groups in total. The predicted molar refractivity (Wildman–Crippen MR) is 176 cm³/mol. The number of thiazole rings is 1. The number of nitro groups is 1. The van der Waals surface area contributed by atoms with Gasteiger partial charge in [-0.2, -0.15) is 13.2 Å². The molecule has 4 aliphatic rings. The average molecular weight is 723 g/mol. The highest BCUT2D eigenvalue weighted by Crippen LogP contribution is 2.68. The fourth-order valence-electron chi connectivity index (χ4n) is 8.34. The second kappa shape index (κ2) is 11.8. The number of non-ortho nitro benzene ring substituents is 1. The van der Waals surface area contributed by atoms with Crippen molar-refractivity contribution < 1.29 is 37.2 Å². The van der Waals surface area contributed by atoms with Crippen molar-refractivity contribution in [3.05, 3.63) is 109 Å². The van der Waals surface area contributed by atoms with Gasteiger partial charge in [0.05, 0.1) is 38.7 Å². The molecule has 8 rings (SSSR count). The summed E-state index contributed by atoms with van der Waals surface area (Å²) in [5, 5.41) is 14.0. The number of hydrogen-bond donors (Lipinski definition) is 2. The monoisotopic (exact) mass is 722 g/mol. The number of rotatable bonds is 7. The Labute approximate surface area is 289 Å². The lowest BCUT2D eigenvalue weighted by molar-refractivity contribution is -0.384. The number of nitrogens with one attached hydrogen (secondary N) is 2. The zero-order valence-corrected chi connectivity index (χ0v) is 27.2. The van der Waals surface area contributed by atoms with Crippen molar-refractivity contribution in [2.24, 2.45) is 29.6 Å². The SMILES string of the molecule is O=C(COc1cccc([C@@H]2c3sc(=O)[nH]c3S[C@@H]3[C@@H]4C[C@@H]([C@@H]5C(=O)N(c6ccc([N+](=O)[O-])cc6)C(=O)[C@@H]45)[C@H]23)c1)Nc1ccccc1C(F)(F)F. The molecule has 4 aromatic rings. The molecule has 0 spiro atoms. The number of halogens is 3. The van der Waals surface area contributed by atoms with Crippen LogP contribution in [0.2, 0.25) is 0 Å². The maximum absolute atomic E-state index is 14.0. The maximum atomic E-state index is 14.0. The van der Waals surface area contributed by atoms with Gasteiger partial charge in [-0.3, -0.25) is 34.2 Å². The Bertz CT molecular complexity index is 2140. The highest BCUT2D eigenvalue weighted by molar-refractivity contribution is 8.00. The number of imide groups is 1. The number of fused-ring (bicyclic) bond motifs is 9. The van der Waals surface area contributed by atoms with E-state index in [1.807, 2.05) is 6.07 Å². The lowest BCUT2D eigenvalue weighted by Gasteiger charge is -2.43.